The average Bonchev–Trinajstić information content (AvgIpc) is 2.73. The van der Waals surface area contributed by atoms with Crippen molar-refractivity contribution in [2.45, 2.75) is 13.8 Å². The van der Waals surface area contributed by atoms with E-state index in [0.717, 1.165) is 34.5 Å². The molecule has 0 bridgehead atoms. The normalized spacial score (nSPS) is 13.5. The van der Waals surface area contributed by atoms with Crippen LogP contribution in [-0.2, 0) is 4.79 Å². The Balaban J connectivity index is 1.71. The van der Waals surface area contributed by atoms with Gasteiger partial charge < -0.3 is 19.9 Å². The fourth-order valence-corrected chi connectivity index (χ4v) is 4.39. The number of benzene rings is 2. The van der Waals surface area contributed by atoms with E-state index in [-0.39, 0.29) is 16.9 Å². The van der Waals surface area contributed by atoms with Gasteiger partial charge in [-0.15, -0.1) is 0 Å². The molecular formula is C22H25BrN4O3S. The Bertz CT molecular complexity index is 1010. The van der Waals surface area contributed by atoms with Crippen LogP contribution in [0.1, 0.15) is 22.8 Å². The monoisotopic (exact) mass is 504 g/mol. The molecule has 31 heavy (non-hydrogen) atoms. The SMILES string of the molecule is COc1c(C)cc(Br)cc1C(=O)NC(=S)Nc1ccccc1N1CCN(C(C)=O)CC1. The van der Waals surface area contributed by atoms with E-state index in [4.69, 9.17) is 17.0 Å². The quantitative estimate of drug-likeness (QED) is 0.620. The van der Waals surface area contributed by atoms with Gasteiger partial charge in [-0.05, 0) is 49.0 Å². The lowest BCUT2D eigenvalue weighted by molar-refractivity contribution is -0.129. The number of nitrogens with zero attached hydrogens (tertiary/aromatic N) is 2. The zero-order valence-corrected chi connectivity index (χ0v) is 20.1. The maximum Gasteiger partial charge on any atom is 0.261 e. The molecule has 1 aliphatic heterocycles. The van der Waals surface area contributed by atoms with Crippen molar-refractivity contribution >= 4 is 56.4 Å². The highest BCUT2D eigenvalue weighted by Gasteiger charge is 2.21. The summed E-state index contributed by atoms with van der Waals surface area (Å²) in [5, 5.41) is 6.06. The largest absolute Gasteiger partial charge is 0.496 e. The first-order valence-corrected chi connectivity index (χ1v) is 11.1. The number of aryl methyl sites for hydroxylation is 1. The van der Waals surface area contributed by atoms with Crippen LogP contribution in [0, 0.1) is 6.92 Å². The second-order valence-corrected chi connectivity index (χ2v) is 8.55. The summed E-state index contributed by atoms with van der Waals surface area (Å²) in [7, 11) is 1.53. The molecule has 2 aromatic rings. The smallest absolute Gasteiger partial charge is 0.261 e. The summed E-state index contributed by atoms with van der Waals surface area (Å²) < 4.78 is 6.18. The summed E-state index contributed by atoms with van der Waals surface area (Å²) in [4.78, 5) is 28.5. The Hall–Kier alpha value is -2.65. The van der Waals surface area contributed by atoms with Gasteiger partial charge in [0, 0.05) is 37.6 Å². The number of halogens is 1. The number of carbonyl (C=O) groups is 2. The lowest BCUT2D eigenvalue weighted by Gasteiger charge is -2.36. The molecule has 0 saturated carbocycles. The van der Waals surface area contributed by atoms with Crippen LogP contribution >= 0.6 is 28.1 Å². The van der Waals surface area contributed by atoms with E-state index in [1.165, 1.54) is 7.11 Å². The maximum absolute atomic E-state index is 12.8. The van der Waals surface area contributed by atoms with Crippen molar-refractivity contribution in [2.24, 2.45) is 0 Å². The standard InChI is InChI=1S/C22H25BrN4O3S/c1-14-12-16(23)13-17(20(14)30-3)21(29)25-22(31)24-18-6-4-5-7-19(18)27-10-8-26(9-11-27)15(2)28/h4-7,12-13H,8-11H2,1-3H3,(H2,24,25,29,31). The van der Waals surface area contributed by atoms with Gasteiger partial charge in [-0.1, -0.05) is 28.1 Å². The molecule has 1 fully saturated rings. The van der Waals surface area contributed by atoms with Crippen molar-refractivity contribution in [2.75, 3.05) is 43.5 Å². The predicted octanol–water partition coefficient (Wildman–Crippen LogP) is 3.56. The van der Waals surface area contributed by atoms with Gasteiger partial charge in [-0.25, -0.2) is 0 Å². The van der Waals surface area contributed by atoms with E-state index in [1.807, 2.05) is 42.2 Å². The second-order valence-electron chi connectivity index (χ2n) is 7.22. The van der Waals surface area contributed by atoms with E-state index in [9.17, 15) is 9.59 Å². The third-order valence-electron chi connectivity index (χ3n) is 5.13. The summed E-state index contributed by atoms with van der Waals surface area (Å²) in [6.45, 7) is 6.27. The Morgan fingerprint density at radius 1 is 1.13 bits per heavy atom. The topological polar surface area (TPSA) is 73.9 Å². The summed E-state index contributed by atoms with van der Waals surface area (Å²) in [5.74, 6) is 0.242. The van der Waals surface area contributed by atoms with Crippen molar-refractivity contribution < 1.29 is 14.3 Å². The molecule has 1 heterocycles. The summed E-state index contributed by atoms with van der Waals surface area (Å²) in [5.41, 5.74) is 3.00. The molecule has 7 nitrogen and oxygen atoms in total. The van der Waals surface area contributed by atoms with E-state index in [1.54, 1.807) is 13.0 Å². The first-order chi connectivity index (χ1) is 14.8. The Kier molecular flexibility index (Phi) is 7.50. The highest BCUT2D eigenvalue weighted by atomic mass is 79.9. The highest BCUT2D eigenvalue weighted by Crippen LogP contribution is 2.29. The molecule has 3 rings (SSSR count). The predicted molar refractivity (Wildman–Crippen MR) is 130 cm³/mol. The van der Waals surface area contributed by atoms with Gasteiger partial charge in [0.2, 0.25) is 5.91 Å². The third-order valence-corrected chi connectivity index (χ3v) is 5.80. The molecule has 0 spiro atoms. The van der Waals surface area contributed by atoms with Gasteiger partial charge in [0.1, 0.15) is 5.75 Å². The van der Waals surface area contributed by atoms with Gasteiger partial charge in [0.25, 0.3) is 5.91 Å². The fourth-order valence-electron chi connectivity index (χ4n) is 3.61. The molecule has 1 aliphatic rings. The number of nitrogens with one attached hydrogen (secondary N) is 2. The molecular weight excluding hydrogens is 480 g/mol. The third kappa shape index (κ3) is 5.54. The van der Waals surface area contributed by atoms with Crippen molar-refractivity contribution in [3.8, 4) is 5.75 Å². The zero-order chi connectivity index (χ0) is 22.5. The molecule has 9 heteroatoms. The Morgan fingerprint density at radius 2 is 1.81 bits per heavy atom. The number of thiocarbonyl (C=S) groups is 1. The molecule has 0 radical (unpaired) electrons. The van der Waals surface area contributed by atoms with Crippen molar-refractivity contribution in [1.82, 2.24) is 10.2 Å². The van der Waals surface area contributed by atoms with Crippen LogP contribution in [-0.4, -0.2) is 55.1 Å². The number of rotatable bonds is 4. The number of anilines is 2. The van der Waals surface area contributed by atoms with E-state index in [0.29, 0.717) is 24.4 Å². The van der Waals surface area contributed by atoms with Crippen molar-refractivity contribution in [1.29, 1.82) is 0 Å². The van der Waals surface area contributed by atoms with Crippen LogP contribution in [0.3, 0.4) is 0 Å². The molecule has 0 aliphatic carbocycles. The number of carbonyl (C=O) groups excluding carboxylic acids is 2. The van der Waals surface area contributed by atoms with E-state index >= 15 is 0 Å². The fraction of sp³-hybridized carbons (Fsp3) is 0.318. The number of hydrogen-bond donors (Lipinski definition) is 2. The first-order valence-electron chi connectivity index (χ1n) is 9.86. The van der Waals surface area contributed by atoms with Crippen LogP contribution in [0.4, 0.5) is 11.4 Å². The molecule has 2 amide bonds. The summed E-state index contributed by atoms with van der Waals surface area (Å²) in [6, 6.07) is 11.4. The van der Waals surface area contributed by atoms with Crippen molar-refractivity contribution in [3.05, 3.63) is 52.0 Å². The van der Waals surface area contributed by atoms with Gasteiger partial charge >= 0.3 is 0 Å². The second kappa shape index (κ2) is 10.1. The Morgan fingerprint density at radius 3 is 2.45 bits per heavy atom. The van der Waals surface area contributed by atoms with Gasteiger partial charge in [0.05, 0.1) is 24.0 Å². The lowest BCUT2D eigenvalue weighted by Crippen LogP contribution is -2.48. The number of para-hydroxylation sites is 2. The van der Waals surface area contributed by atoms with Gasteiger partial charge in [-0.3, -0.25) is 14.9 Å². The van der Waals surface area contributed by atoms with Crippen LogP contribution < -0.4 is 20.3 Å². The number of hydrogen-bond acceptors (Lipinski definition) is 5. The molecule has 0 unspecified atom stereocenters. The summed E-state index contributed by atoms with van der Waals surface area (Å²) in [6.07, 6.45) is 0. The van der Waals surface area contributed by atoms with E-state index < -0.39 is 0 Å². The van der Waals surface area contributed by atoms with Crippen LogP contribution in [0.25, 0.3) is 0 Å². The van der Waals surface area contributed by atoms with Gasteiger partial charge in [0.15, 0.2) is 5.11 Å². The molecule has 2 aromatic carbocycles. The van der Waals surface area contributed by atoms with Crippen molar-refractivity contribution in [3.63, 3.8) is 0 Å². The molecule has 164 valence electrons. The average molecular weight is 505 g/mol. The molecule has 0 atom stereocenters. The minimum absolute atomic E-state index is 0.0909. The molecule has 0 aromatic heterocycles. The Labute approximate surface area is 195 Å². The first kappa shape index (κ1) is 23.0. The van der Waals surface area contributed by atoms with E-state index in [2.05, 4.69) is 31.5 Å². The van der Waals surface area contributed by atoms with Gasteiger partial charge in [-0.2, -0.15) is 0 Å². The molecule has 2 N–H and O–H groups in total. The van der Waals surface area contributed by atoms with Crippen LogP contribution in [0.2, 0.25) is 0 Å². The zero-order valence-electron chi connectivity index (χ0n) is 17.7. The number of amides is 2. The minimum atomic E-state index is -0.355. The number of ether oxygens (including phenoxy) is 1. The van der Waals surface area contributed by atoms with Crippen LogP contribution in [0.5, 0.6) is 5.75 Å². The number of piperazine rings is 1. The lowest BCUT2D eigenvalue weighted by atomic mass is 10.1. The highest BCUT2D eigenvalue weighted by molar-refractivity contribution is 9.10. The number of methoxy groups -OCH3 is 1. The maximum atomic E-state index is 12.8. The van der Waals surface area contributed by atoms with Crippen LogP contribution in [0.15, 0.2) is 40.9 Å². The molecule has 1 saturated heterocycles. The summed E-state index contributed by atoms with van der Waals surface area (Å²) >= 11 is 8.82. The minimum Gasteiger partial charge on any atom is -0.496 e.